The van der Waals surface area contributed by atoms with Crippen molar-refractivity contribution in [3.63, 3.8) is 0 Å². The Morgan fingerprint density at radius 2 is 2.23 bits per heavy atom. The molecule has 2 atom stereocenters. The third-order valence-corrected chi connectivity index (χ3v) is 2.81. The molecule has 0 aromatic heterocycles. The molecular weight excluding hydrogens is 164 g/mol. The van der Waals surface area contributed by atoms with E-state index in [1.54, 1.807) is 0 Å². The molecule has 0 bridgehead atoms. The largest absolute Gasteiger partial charge is 0.462 e. The summed E-state index contributed by atoms with van der Waals surface area (Å²) in [6, 6.07) is 0. The molecule has 0 aromatic carbocycles. The molecule has 76 valence electrons. The van der Waals surface area contributed by atoms with Crippen molar-refractivity contribution in [3.8, 4) is 0 Å². The number of hydrogen-bond acceptors (Lipinski definition) is 2. The van der Waals surface area contributed by atoms with Crippen molar-refractivity contribution in [1.29, 1.82) is 0 Å². The molecule has 2 unspecified atom stereocenters. The van der Waals surface area contributed by atoms with Crippen LogP contribution < -0.4 is 0 Å². The van der Waals surface area contributed by atoms with Gasteiger partial charge in [-0.2, -0.15) is 0 Å². The second-order valence-electron chi connectivity index (χ2n) is 4.04. The van der Waals surface area contributed by atoms with Crippen LogP contribution in [-0.2, 0) is 9.53 Å². The molecular formula is C11H20O2. The van der Waals surface area contributed by atoms with E-state index in [0.29, 0.717) is 12.3 Å². The Morgan fingerprint density at radius 3 is 2.92 bits per heavy atom. The van der Waals surface area contributed by atoms with Crippen molar-refractivity contribution in [2.75, 3.05) is 0 Å². The predicted molar refractivity (Wildman–Crippen MR) is 52.4 cm³/mol. The molecule has 2 nitrogen and oxygen atoms in total. The zero-order valence-corrected chi connectivity index (χ0v) is 8.71. The van der Waals surface area contributed by atoms with Crippen molar-refractivity contribution in [2.45, 2.75) is 58.5 Å². The van der Waals surface area contributed by atoms with E-state index in [-0.39, 0.29) is 12.1 Å². The number of unbranched alkanes of at least 4 members (excludes halogenated alkanes) is 2. The fourth-order valence-electron chi connectivity index (χ4n) is 1.81. The molecule has 0 amide bonds. The van der Waals surface area contributed by atoms with Crippen molar-refractivity contribution < 1.29 is 9.53 Å². The van der Waals surface area contributed by atoms with Gasteiger partial charge >= 0.3 is 5.97 Å². The van der Waals surface area contributed by atoms with Crippen molar-refractivity contribution in [1.82, 2.24) is 0 Å². The fraction of sp³-hybridized carbons (Fsp3) is 0.909. The van der Waals surface area contributed by atoms with Gasteiger partial charge < -0.3 is 4.74 Å². The Morgan fingerprint density at radius 1 is 1.46 bits per heavy atom. The second kappa shape index (κ2) is 5.25. The van der Waals surface area contributed by atoms with E-state index < -0.39 is 0 Å². The lowest BCUT2D eigenvalue weighted by molar-refractivity contribution is -0.158. The minimum absolute atomic E-state index is 0.000372. The van der Waals surface area contributed by atoms with Crippen LogP contribution in [0.15, 0.2) is 0 Å². The summed E-state index contributed by atoms with van der Waals surface area (Å²) in [6.07, 6.45) is 6.56. The van der Waals surface area contributed by atoms with Gasteiger partial charge in [0.05, 0.1) is 0 Å². The van der Waals surface area contributed by atoms with Crippen LogP contribution in [0, 0.1) is 5.92 Å². The highest BCUT2D eigenvalue weighted by Gasteiger charge is 2.26. The molecule has 13 heavy (non-hydrogen) atoms. The number of esters is 1. The molecule has 1 aliphatic heterocycles. The van der Waals surface area contributed by atoms with Crippen LogP contribution >= 0.6 is 0 Å². The van der Waals surface area contributed by atoms with E-state index in [0.717, 1.165) is 12.8 Å². The van der Waals surface area contributed by atoms with Gasteiger partial charge in [0, 0.05) is 6.42 Å². The molecule has 1 saturated heterocycles. The SMILES string of the molecule is CCCCCC1OC(=O)CCC1C. The summed E-state index contributed by atoms with van der Waals surface area (Å²) in [5.74, 6) is 0.564. The van der Waals surface area contributed by atoms with Crippen molar-refractivity contribution in [2.24, 2.45) is 5.92 Å². The standard InChI is InChI=1S/C11H20O2/c1-3-4-5-6-10-9(2)7-8-11(12)13-10/h9-10H,3-8H2,1-2H3. The van der Waals surface area contributed by atoms with Gasteiger partial charge in [0.25, 0.3) is 0 Å². The maximum atomic E-state index is 11.0. The summed E-state index contributed by atoms with van der Waals surface area (Å²) in [5, 5.41) is 0. The van der Waals surface area contributed by atoms with E-state index in [1.807, 2.05) is 0 Å². The number of rotatable bonds is 4. The quantitative estimate of drug-likeness (QED) is 0.496. The maximum Gasteiger partial charge on any atom is 0.306 e. The lowest BCUT2D eigenvalue weighted by Crippen LogP contribution is -2.30. The lowest BCUT2D eigenvalue weighted by atomic mass is 9.92. The van der Waals surface area contributed by atoms with Gasteiger partial charge in [0.1, 0.15) is 6.10 Å². The van der Waals surface area contributed by atoms with E-state index >= 15 is 0 Å². The van der Waals surface area contributed by atoms with Crippen LogP contribution in [0.4, 0.5) is 0 Å². The number of hydrogen-bond donors (Lipinski definition) is 0. The first-order valence-electron chi connectivity index (χ1n) is 5.43. The number of cyclic esters (lactones) is 1. The van der Waals surface area contributed by atoms with Crippen LogP contribution in [0.1, 0.15) is 52.4 Å². The highest BCUT2D eigenvalue weighted by atomic mass is 16.5. The van der Waals surface area contributed by atoms with Gasteiger partial charge in [-0.15, -0.1) is 0 Å². The maximum absolute atomic E-state index is 11.0. The van der Waals surface area contributed by atoms with E-state index in [2.05, 4.69) is 13.8 Å². The van der Waals surface area contributed by atoms with E-state index in [9.17, 15) is 4.79 Å². The zero-order valence-electron chi connectivity index (χ0n) is 8.71. The molecule has 0 N–H and O–H groups in total. The van der Waals surface area contributed by atoms with Crippen molar-refractivity contribution in [3.05, 3.63) is 0 Å². The van der Waals surface area contributed by atoms with Crippen LogP contribution in [-0.4, -0.2) is 12.1 Å². The third-order valence-electron chi connectivity index (χ3n) is 2.81. The molecule has 1 fully saturated rings. The molecule has 0 aromatic rings. The summed E-state index contributed by atoms with van der Waals surface area (Å²) >= 11 is 0. The Hall–Kier alpha value is -0.530. The summed E-state index contributed by atoms with van der Waals surface area (Å²) in [4.78, 5) is 11.0. The highest BCUT2D eigenvalue weighted by Crippen LogP contribution is 2.24. The summed E-state index contributed by atoms with van der Waals surface area (Å²) in [5.41, 5.74) is 0. The first kappa shape index (κ1) is 10.6. The van der Waals surface area contributed by atoms with E-state index in [4.69, 9.17) is 4.74 Å². The second-order valence-corrected chi connectivity index (χ2v) is 4.04. The van der Waals surface area contributed by atoms with Gasteiger partial charge in [-0.1, -0.05) is 26.7 Å². The Balaban J connectivity index is 2.25. The Kier molecular flexibility index (Phi) is 4.26. The number of carbonyl (C=O) groups excluding carboxylic acids is 1. The van der Waals surface area contributed by atoms with Gasteiger partial charge in [-0.3, -0.25) is 4.79 Å². The molecule has 1 heterocycles. The van der Waals surface area contributed by atoms with Gasteiger partial charge in [-0.25, -0.2) is 0 Å². The minimum Gasteiger partial charge on any atom is -0.462 e. The molecule has 0 radical (unpaired) electrons. The van der Waals surface area contributed by atoms with Crippen molar-refractivity contribution >= 4 is 5.97 Å². The van der Waals surface area contributed by atoms with Gasteiger partial charge in [0.2, 0.25) is 0 Å². The first-order valence-corrected chi connectivity index (χ1v) is 5.43. The first-order chi connectivity index (χ1) is 6.24. The monoisotopic (exact) mass is 184 g/mol. The fourth-order valence-corrected chi connectivity index (χ4v) is 1.81. The van der Waals surface area contributed by atoms with Crippen LogP contribution in [0.3, 0.4) is 0 Å². The molecule has 1 aliphatic rings. The Bertz CT molecular complexity index is 165. The van der Waals surface area contributed by atoms with Crippen LogP contribution in [0.25, 0.3) is 0 Å². The average molecular weight is 184 g/mol. The average Bonchev–Trinajstić information content (AvgIpc) is 2.11. The molecule has 2 heteroatoms. The molecule has 0 spiro atoms. The zero-order chi connectivity index (χ0) is 9.68. The summed E-state index contributed by atoms with van der Waals surface area (Å²) < 4.78 is 5.31. The molecule has 1 rings (SSSR count). The molecule has 0 saturated carbocycles. The summed E-state index contributed by atoms with van der Waals surface area (Å²) in [7, 11) is 0. The van der Waals surface area contributed by atoms with Crippen LogP contribution in [0.2, 0.25) is 0 Å². The van der Waals surface area contributed by atoms with E-state index in [1.165, 1.54) is 19.3 Å². The highest BCUT2D eigenvalue weighted by molar-refractivity contribution is 5.70. The van der Waals surface area contributed by atoms with Gasteiger partial charge in [0.15, 0.2) is 0 Å². The third kappa shape index (κ3) is 3.37. The topological polar surface area (TPSA) is 26.3 Å². The number of carbonyl (C=O) groups is 1. The van der Waals surface area contributed by atoms with Gasteiger partial charge in [-0.05, 0) is 25.2 Å². The lowest BCUT2D eigenvalue weighted by Gasteiger charge is -2.28. The smallest absolute Gasteiger partial charge is 0.306 e. The number of ether oxygens (including phenoxy) is 1. The summed E-state index contributed by atoms with van der Waals surface area (Å²) in [6.45, 7) is 4.37. The minimum atomic E-state index is -0.000372. The molecule has 0 aliphatic carbocycles. The Labute approximate surface area is 80.7 Å². The predicted octanol–water partition coefficient (Wildman–Crippen LogP) is 2.91. The normalized spacial score (nSPS) is 28.6. The van der Waals surface area contributed by atoms with Crippen LogP contribution in [0.5, 0.6) is 0 Å².